The Balaban J connectivity index is 2.10. The minimum Gasteiger partial charge on any atom is -0.325 e. The summed E-state index contributed by atoms with van der Waals surface area (Å²) in [4.78, 5) is 0. The van der Waals surface area contributed by atoms with Gasteiger partial charge in [-0.05, 0) is 37.3 Å². The molecule has 0 aliphatic heterocycles. The fourth-order valence-corrected chi connectivity index (χ4v) is 2.73. The smallest absolute Gasteiger partial charge is 0.325 e. The summed E-state index contributed by atoms with van der Waals surface area (Å²) in [7, 11) is 0. The van der Waals surface area contributed by atoms with E-state index in [1.807, 2.05) is 0 Å². The van der Waals surface area contributed by atoms with Crippen molar-refractivity contribution in [1.29, 1.82) is 0 Å². The van der Waals surface area contributed by atoms with Crippen LogP contribution in [-0.2, 0) is 12.6 Å². The van der Waals surface area contributed by atoms with Gasteiger partial charge in [0.2, 0.25) is 0 Å². The molecule has 4 heteroatoms. The van der Waals surface area contributed by atoms with Crippen LogP contribution >= 0.6 is 0 Å². The Morgan fingerprint density at radius 3 is 2.33 bits per heavy atom. The van der Waals surface area contributed by atoms with E-state index in [0.29, 0.717) is 18.4 Å². The molecule has 0 atom stereocenters. The Morgan fingerprint density at radius 1 is 1.11 bits per heavy atom. The highest BCUT2D eigenvalue weighted by Crippen LogP contribution is 2.35. The molecule has 1 saturated carbocycles. The van der Waals surface area contributed by atoms with Gasteiger partial charge in [0.15, 0.2) is 0 Å². The van der Waals surface area contributed by atoms with Crippen LogP contribution in [0.2, 0.25) is 0 Å². The van der Waals surface area contributed by atoms with Gasteiger partial charge in [-0.25, -0.2) is 0 Å². The van der Waals surface area contributed by atoms with Gasteiger partial charge in [0.05, 0.1) is 5.56 Å². The minimum absolute atomic E-state index is 0.251. The molecule has 1 aromatic carbocycles. The lowest BCUT2D eigenvalue weighted by Crippen LogP contribution is -2.36. The lowest BCUT2D eigenvalue weighted by Gasteiger charge is -2.24. The standard InChI is InChI=1S/C14H18F3N/c15-14(16,17)12-6-2-1-5-11(12)7-10-13(18)8-3-4-9-13/h1-2,5-6H,3-4,7-10,18H2. The second kappa shape index (κ2) is 4.92. The van der Waals surface area contributed by atoms with Crippen LogP contribution in [0.15, 0.2) is 24.3 Å². The Bertz CT molecular complexity index is 406. The summed E-state index contributed by atoms with van der Waals surface area (Å²) in [5.41, 5.74) is 5.77. The lowest BCUT2D eigenvalue weighted by atomic mass is 9.89. The summed E-state index contributed by atoms with van der Waals surface area (Å²) in [5, 5.41) is 0. The summed E-state index contributed by atoms with van der Waals surface area (Å²) in [5.74, 6) is 0. The van der Waals surface area contributed by atoms with E-state index in [9.17, 15) is 13.2 Å². The van der Waals surface area contributed by atoms with Crippen LogP contribution < -0.4 is 5.73 Å². The molecule has 2 N–H and O–H groups in total. The fourth-order valence-electron chi connectivity index (χ4n) is 2.73. The molecule has 0 amide bonds. The summed E-state index contributed by atoms with van der Waals surface area (Å²) in [6, 6.07) is 5.79. The molecular formula is C14H18F3N. The molecule has 0 aromatic heterocycles. The van der Waals surface area contributed by atoms with E-state index in [1.165, 1.54) is 6.07 Å². The van der Waals surface area contributed by atoms with Crippen LogP contribution in [0.1, 0.15) is 43.2 Å². The number of hydrogen-bond donors (Lipinski definition) is 1. The van der Waals surface area contributed by atoms with Crippen molar-refractivity contribution >= 4 is 0 Å². The van der Waals surface area contributed by atoms with Crippen molar-refractivity contribution in [2.24, 2.45) is 5.73 Å². The van der Waals surface area contributed by atoms with Gasteiger partial charge in [-0.1, -0.05) is 31.0 Å². The Hall–Kier alpha value is -1.03. The van der Waals surface area contributed by atoms with Crippen molar-refractivity contribution in [3.05, 3.63) is 35.4 Å². The van der Waals surface area contributed by atoms with E-state index < -0.39 is 11.7 Å². The van der Waals surface area contributed by atoms with Crippen LogP contribution in [0.25, 0.3) is 0 Å². The molecule has 0 spiro atoms. The molecule has 1 nitrogen and oxygen atoms in total. The molecule has 100 valence electrons. The predicted octanol–water partition coefficient (Wildman–Crippen LogP) is 3.91. The highest BCUT2D eigenvalue weighted by atomic mass is 19.4. The van der Waals surface area contributed by atoms with Gasteiger partial charge in [-0.15, -0.1) is 0 Å². The third kappa shape index (κ3) is 3.05. The van der Waals surface area contributed by atoms with Crippen LogP contribution in [0.3, 0.4) is 0 Å². The first kappa shape index (κ1) is 13.4. The lowest BCUT2D eigenvalue weighted by molar-refractivity contribution is -0.138. The summed E-state index contributed by atoms with van der Waals surface area (Å²) in [6.45, 7) is 0. The van der Waals surface area contributed by atoms with Crippen molar-refractivity contribution in [1.82, 2.24) is 0 Å². The monoisotopic (exact) mass is 257 g/mol. The maximum atomic E-state index is 12.8. The van der Waals surface area contributed by atoms with E-state index in [-0.39, 0.29) is 5.54 Å². The molecule has 0 bridgehead atoms. The maximum Gasteiger partial charge on any atom is 0.416 e. The summed E-state index contributed by atoms with van der Waals surface area (Å²) < 4.78 is 38.4. The molecule has 0 unspecified atom stereocenters. The first-order valence-corrected chi connectivity index (χ1v) is 6.35. The molecule has 0 radical (unpaired) electrons. The third-order valence-electron chi connectivity index (χ3n) is 3.81. The van der Waals surface area contributed by atoms with E-state index in [4.69, 9.17) is 5.73 Å². The zero-order valence-electron chi connectivity index (χ0n) is 10.3. The molecule has 18 heavy (non-hydrogen) atoms. The van der Waals surface area contributed by atoms with Gasteiger partial charge < -0.3 is 5.73 Å². The second-order valence-electron chi connectivity index (χ2n) is 5.22. The average molecular weight is 257 g/mol. The molecule has 0 saturated heterocycles. The molecule has 1 aliphatic carbocycles. The second-order valence-corrected chi connectivity index (χ2v) is 5.22. The van der Waals surface area contributed by atoms with Crippen molar-refractivity contribution in [3.8, 4) is 0 Å². The number of alkyl halides is 3. The number of benzene rings is 1. The zero-order chi connectivity index (χ0) is 13.2. The van der Waals surface area contributed by atoms with Crippen LogP contribution in [0.5, 0.6) is 0 Å². The van der Waals surface area contributed by atoms with Gasteiger partial charge in [-0.2, -0.15) is 13.2 Å². The first-order chi connectivity index (χ1) is 8.41. The van der Waals surface area contributed by atoms with Gasteiger partial charge in [-0.3, -0.25) is 0 Å². The van der Waals surface area contributed by atoms with Crippen molar-refractivity contribution < 1.29 is 13.2 Å². The summed E-state index contributed by atoms with van der Waals surface area (Å²) in [6.07, 6.45) is 0.831. The average Bonchev–Trinajstić information content (AvgIpc) is 2.73. The molecule has 0 heterocycles. The molecule has 1 aliphatic rings. The Morgan fingerprint density at radius 2 is 1.72 bits per heavy atom. The van der Waals surface area contributed by atoms with Gasteiger partial charge in [0.25, 0.3) is 0 Å². The van der Waals surface area contributed by atoms with Crippen molar-refractivity contribution in [2.75, 3.05) is 0 Å². The van der Waals surface area contributed by atoms with Crippen molar-refractivity contribution in [2.45, 2.75) is 50.2 Å². The van der Waals surface area contributed by atoms with E-state index >= 15 is 0 Å². The molecule has 1 fully saturated rings. The van der Waals surface area contributed by atoms with Gasteiger partial charge in [0.1, 0.15) is 0 Å². The predicted molar refractivity (Wildman–Crippen MR) is 65.2 cm³/mol. The zero-order valence-corrected chi connectivity index (χ0v) is 10.3. The third-order valence-corrected chi connectivity index (χ3v) is 3.81. The van der Waals surface area contributed by atoms with Gasteiger partial charge >= 0.3 is 6.18 Å². The highest BCUT2D eigenvalue weighted by molar-refractivity contribution is 5.30. The highest BCUT2D eigenvalue weighted by Gasteiger charge is 2.34. The quantitative estimate of drug-likeness (QED) is 0.873. The number of halogens is 3. The Labute approximate surface area is 105 Å². The number of nitrogens with two attached hydrogens (primary N) is 1. The topological polar surface area (TPSA) is 26.0 Å². The number of aryl methyl sites for hydroxylation is 1. The maximum absolute atomic E-state index is 12.8. The van der Waals surface area contributed by atoms with Crippen molar-refractivity contribution in [3.63, 3.8) is 0 Å². The minimum atomic E-state index is -4.27. The number of rotatable bonds is 3. The van der Waals surface area contributed by atoms with E-state index in [2.05, 4.69) is 0 Å². The molecule has 1 aromatic rings. The number of hydrogen-bond acceptors (Lipinski definition) is 1. The Kier molecular flexibility index (Phi) is 3.66. The van der Waals surface area contributed by atoms with Crippen LogP contribution in [0, 0.1) is 0 Å². The normalized spacial score (nSPS) is 19.1. The SMILES string of the molecule is NC1(CCc2ccccc2C(F)(F)F)CCCC1. The largest absolute Gasteiger partial charge is 0.416 e. The van der Waals surface area contributed by atoms with E-state index in [0.717, 1.165) is 31.7 Å². The van der Waals surface area contributed by atoms with Gasteiger partial charge in [0, 0.05) is 5.54 Å². The molecular weight excluding hydrogens is 239 g/mol. The van der Waals surface area contributed by atoms with E-state index in [1.54, 1.807) is 12.1 Å². The molecule has 2 rings (SSSR count). The first-order valence-electron chi connectivity index (χ1n) is 6.35. The fraction of sp³-hybridized carbons (Fsp3) is 0.571. The summed E-state index contributed by atoms with van der Waals surface area (Å²) >= 11 is 0. The van der Waals surface area contributed by atoms with Crippen LogP contribution in [-0.4, -0.2) is 5.54 Å². The van der Waals surface area contributed by atoms with Crippen LogP contribution in [0.4, 0.5) is 13.2 Å².